The fraction of sp³-hybridized carbons (Fsp3) is 0.841. The van der Waals surface area contributed by atoms with Gasteiger partial charge in [0, 0.05) is 78.7 Å². The minimum Gasteiger partial charge on any atom is -0.480 e. The van der Waals surface area contributed by atoms with Gasteiger partial charge in [0.15, 0.2) is 30.9 Å². The molecular weight excluding hydrogens is 1840 g/mol. The summed E-state index contributed by atoms with van der Waals surface area (Å²) in [5.74, 6) is -3.00. The summed E-state index contributed by atoms with van der Waals surface area (Å²) < 4.78 is 120. The summed E-state index contributed by atoms with van der Waals surface area (Å²) >= 11 is 0. The first kappa shape index (κ1) is 114. The average Bonchev–Trinajstić information content (AvgIpc) is 1.52. The van der Waals surface area contributed by atoms with E-state index in [2.05, 4.69) is 62.1 Å². The number of carboxylic acids is 1. The third-order valence-electron chi connectivity index (χ3n) is 22.3. The van der Waals surface area contributed by atoms with E-state index in [-0.39, 0.29) is 205 Å². The maximum absolute atomic E-state index is 13.6. The van der Waals surface area contributed by atoms with Crippen LogP contribution < -0.4 is 16.0 Å². The van der Waals surface area contributed by atoms with E-state index in [0.29, 0.717) is 81.4 Å². The molecular formula is C82H140N18O38. The van der Waals surface area contributed by atoms with Crippen molar-refractivity contribution in [3.05, 3.63) is 47.6 Å². The van der Waals surface area contributed by atoms with Crippen molar-refractivity contribution in [2.45, 2.75) is 228 Å². The second-order valence-corrected chi connectivity index (χ2v) is 32.8. The summed E-state index contributed by atoms with van der Waals surface area (Å²) in [6.45, 7) is 10.4. The molecule has 56 heteroatoms. The number of nitrogens with one attached hydrogen (secondary N) is 3. The predicted octanol–water partition coefficient (Wildman–Crippen LogP) is -10.5. The van der Waals surface area contributed by atoms with Gasteiger partial charge in [-0.15, -0.1) is 20.4 Å². The number of hydrogen-bond donors (Lipinski definition) is 16. The Morgan fingerprint density at radius 2 is 0.645 bits per heavy atom. The zero-order chi connectivity index (χ0) is 99.1. The van der Waals surface area contributed by atoms with Gasteiger partial charge < -0.3 is 177 Å². The lowest BCUT2D eigenvalue weighted by molar-refractivity contribution is -0.272. The van der Waals surface area contributed by atoms with Crippen LogP contribution in [0.3, 0.4) is 0 Å². The molecule has 4 aromatic heterocycles. The molecule has 5 fully saturated rings. The molecule has 0 spiro atoms. The molecule has 138 heavy (non-hydrogen) atoms. The van der Waals surface area contributed by atoms with Crippen LogP contribution in [0.25, 0.3) is 0 Å². The molecule has 21 atom stereocenters. The summed E-state index contributed by atoms with van der Waals surface area (Å²) in [5.41, 5.74) is 0.308. The van der Waals surface area contributed by atoms with E-state index in [4.69, 9.17) is 94.7 Å². The van der Waals surface area contributed by atoms with Crippen LogP contribution in [-0.4, -0.2) is 517 Å². The van der Waals surface area contributed by atoms with Crippen molar-refractivity contribution < 1.29 is 185 Å². The summed E-state index contributed by atoms with van der Waals surface area (Å²) in [6.07, 6.45) is -11.0. The van der Waals surface area contributed by atoms with Gasteiger partial charge >= 0.3 is 5.97 Å². The first-order chi connectivity index (χ1) is 66.7. The number of rotatable bonds is 74. The van der Waals surface area contributed by atoms with Gasteiger partial charge in [0.2, 0.25) is 23.6 Å². The number of carbonyl (C=O) groups excluding carboxylic acids is 4. The minimum atomic E-state index is -1.89. The van der Waals surface area contributed by atoms with Crippen LogP contribution in [0.4, 0.5) is 0 Å². The van der Waals surface area contributed by atoms with Gasteiger partial charge in [0.05, 0.1) is 260 Å². The number of fused-ring (bicyclic) bond motifs is 1. The van der Waals surface area contributed by atoms with E-state index < -0.39 is 184 Å². The van der Waals surface area contributed by atoms with Crippen molar-refractivity contribution in [1.29, 1.82) is 0 Å². The van der Waals surface area contributed by atoms with Crippen LogP contribution in [0.15, 0.2) is 24.8 Å². The van der Waals surface area contributed by atoms with E-state index in [1.54, 1.807) is 36.0 Å². The Balaban J connectivity index is 0.738. The normalized spacial score (nSPS) is 26.2. The molecule has 56 nitrogen and oxygen atoms in total. The molecule has 9 heterocycles. The Labute approximate surface area is 795 Å². The highest BCUT2D eigenvalue weighted by Gasteiger charge is 2.76. The molecule has 0 saturated carbocycles. The number of unbranched alkanes of at least 4 members (excludes halogenated alkanes) is 1. The quantitative estimate of drug-likeness (QED) is 0.0144. The number of ether oxygens (including phenoxy) is 20. The number of aliphatic hydroxyl groups is 12. The maximum atomic E-state index is 13.6. The molecule has 5 aliphatic heterocycles. The van der Waals surface area contributed by atoms with Crippen molar-refractivity contribution in [2.24, 2.45) is 0 Å². The van der Waals surface area contributed by atoms with Gasteiger partial charge in [-0.05, 0) is 19.4 Å². The van der Waals surface area contributed by atoms with Crippen LogP contribution in [-0.2, 0) is 171 Å². The van der Waals surface area contributed by atoms with E-state index >= 15 is 0 Å². The van der Waals surface area contributed by atoms with E-state index in [1.807, 2.05) is 12.4 Å². The Hall–Kier alpha value is -7.45. The van der Waals surface area contributed by atoms with Crippen molar-refractivity contribution in [2.75, 3.05) is 218 Å². The van der Waals surface area contributed by atoms with Gasteiger partial charge in [-0.2, -0.15) is 0 Å². The summed E-state index contributed by atoms with van der Waals surface area (Å²) in [7, 11) is 0. The lowest BCUT2D eigenvalue weighted by Gasteiger charge is -2.42. The van der Waals surface area contributed by atoms with Gasteiger partial charge in [0.1, 0.15) is 97.4 Å². The molecule has 9 rings (SSSR count). The molecule has 0 radical (unpaired) electrons. The number of aliphatic hydroxyl groups excluding tert-OH is 11. The average molecular weight is 1990 g/mol. The fourth-order valence-corrected chi connectivity index (χ4v) is 15.4. The molecule has 4 aromatic rings. The molecule has 0 aromatic carbocycles. The first-order valence-corrected chi connectivity index (χ1v) is 46.0. The van der Waals surface area contributed by atoms with Crippen molar-refractivity contribution in [3.8, 4) is 0 Å². The summed E-state index contributed by atoms with van der Waals surface area (Å²) in [4.78, 5) is 66.0. The van der Waals surface area contributed by atoms with E-state index in [9.17, 15) is 90.4 Å². The summed E-state index contributed by atoms with van der Waals surface area (Å²) in [6, 6.07) is -5.24. The second kappa shape index (κ2) is 62.2. The lowest BCUT2D eigenvalue weighted by Crippen LogP contribution is -2.64. The van der Waals surface area contributed by atoms with E-state index in [0.717, 1.165) is 4.90 Å². The predicted molar refractivity (Wildman–Crippen MR) is 461 cm³/mol. The zero-order valence-corrected chi connectivity index (χ0v) is 78.2. The van der Waals surface area contributed by atoms with Crippen molar-refractivity contribution >= 4 is 29.6 Å². The third-order valence-corrected chi connectivity index (χ3v) is 22.3. The number of aromatic nitrogens is 12. The number of amides is 4. The van der Waals surface area contributed by atoms with Crippen molar-refractivity contribution in [1.82, 2.24) is 90.6 Å². The lowest BCUT2D eigenvalue weighted by atomic mass is 9.97. The Morgan fingerprint density at radius 3 is 0.920 bits per heavy atom. The second-order valence-electron chi connectivity index (χ2n) is 32.8. The Bertz CT molecular complexity index is 3880. The molecule has 5 aliphatic rings. The molecule has 0 aliphatic carbocycles. The van der Waals surface area contributed by atoms with Crippen LogP contribution >= 0.6 is 0 Å². The smallest absolute Gasteiger partial charge is 0.320 e. The number of aliphatic carboxylic acids is 1. The molecule has 786 valence electrons. The summed E-state index contributed by atoms with van der Waals surface area (Å²) in [5, 5.41) is 176. The Kier molecular flexibility index (Phi) is 51.4. The zero-order valence-electron chi connectivity index (χ0n) is 78.2. The largest absolute Gasteiger partial charge is 0.480 e. The highest BCUT2D eigenvalue weighted by Crippen LogP contribution is 2.50. The molecule has 5 saturated heterocycles. The first-order valence-electron chi connectivity index (χ1n) is 46.0. The monoisotopic (exact) mass is 1980 g/mol. The maximum Gasteiger partial charge on any atom is 0.320 e. The molecule has 4 amide bonds. The number of carboxylic acid groups (broad SMARTS) is 1. The topological polar surface area (TPSA) is 701 Å². The highest BCUT2D eigenvalue weighted by atomic mass is 16.7. The molecule has 20 unspecified atom stereocenters. The van der Waals surface area contributed by atoms with Crippen LogP contribution in [0.2, 0.25) is 0 Å². The number of hydrogen-bond acceptors (Lipinski definition) is 47. The molecule has 0 bridgehead atoms. The van der Waals surface area contributed by atoms with Gasteiger partial charge in [-0.25, -0.2) is 18.7 Å². The number of carbonyl (C=O) groups is 5. The van der Waals surface area contributed by atoms with Crippen LogP contribution in [0, 0.1) is 0 Å². The van der Waals surface area contributed by atoms with Gasteiger partial charge in [-0.1, -0.05) is 27.3 Å². The number of nitrogens with zero attached hydrogens (tertiary/aromatic N) is 15. The van der Waals surface area contributed by atoms with Crippen LogP contribution in [0.5, 0.6) is 0 Å². The SMILES string of the molecule is CC(=O)NC1C(OCCOCCOCCOCCn2cc(CN(CCCC[C@@H](C(=O)O)N(Cc3cn(CCOCCOCCOCCOC4OC(CO)C(O)C(O)C4NC(C)=O)nn3)Cc3cn(CCOCCOCCOCCOC4OC(CO)C(O)C(O)C4NC(C)=O)nn3)Cc3cn(CCOCCOCCOCCOC4OC(CO)C(O)C5(O)C4N5C(C)=O)nn3)nn2)OC(CO)C(O)C1O. The van der Waals surface area contributed by atoms with E-state index in [1.165, 1.54) is 27.7 Å². The van der Waals surface area contributed by atoms with Gasteiger partial charge in [0.25, 0.3) is 0 Å². The Morgan fingerprint density at radius 1 is 0.377 bits per heavy atom. The van der Waals surface area contributed by atoms with Crippen LogP contribution in [0.1, 0.15) is 69.7 Å². The highest BCUT2D eigenvalue weighted by molar-refractivity contribution is 5.78. The third kappa shape index (κ3) is 37.7. The fourth-order valence-electron chi connectivity index (χ4n) is 15.4. The standard InChI is InChI=1S/C82H140N18O38/c1-53(105)83-66-72(112)69(109)62(49-101)135-78(66)131-37-33-127-29-25-123-21-17-119-13-9-96-45-57(86-90-96)41-94(42-58-46-97(91-87-58)10-14-120-18-22-126-28-32-130-36-40-134-81-75-82(118,100(75)56(4)108)76(115)65(52-104)138-81)8-6-5-7-61(77(116)117)95(43-59-47-98(92-88-59)11-15-121-19-23-124-26-30-128-34-38-132-79-67(84-54(2)106)73(113)70(110)63(50-102)136-79)44-60-48-99(93-89-60)12-16-122-20-24-125-27-31-129-35-39-133-80-68(85-55(3)107)74(114)71(111)64(51-103)137-80/h45-48,61-76,78-81,101-104,109-115,118H,5-44,49-52H2,1-4H3,(H,83,105)(H,84,106)(H,85,107)(H,116,117)/t61-,62?,63?,64?,65?,66?,67?,68?,69?,70?,71?,72?,73?,74?,75?,76?,78?,79?,80?,81?,82?,100?/m0/s1. The van der Waals surface area contributed by atoms with Gasteiger partial charge in [-0.3, -0.25) is 38.7 Å². The molecule has 16 N–H and O–H groups in total. The van der Waals surface area contributed by atoms with Crippen molar-refractivity contribution in [3.63, 3.8) is 0 Å². The minimum absolute atomic E-state index is 0.000729.